The minimum atomic E-state index is -1.28. The Hall–Kier alpha value is -1.52. The van der Waals surface area contributed by atoms with Crippen LogP contribution in [-0.4, -0.2) is 28.3 Å². The Morgan fingerprint density at radius 1 is 1.33 bits per heavy atom. The van der Waals surface area contributed by atoms with Gasteiger partial charge in [0.15, 0.2) is 5.78 Å². The molecule has 0 bridgehead atoms. The second-order valence-corrected chi connectivity index (χ2v) is 4.01. The van der Waals surface area contributed by atoms with Crippen molar-refractivity contribution in [2.24, 2.45) is 11.3 Å². The summed E-state index contributed by atoms with van der Waals surface area (Å²) in [6, 6.07) is 0. The van der Waals surface area contributed by atoms with Crippen LogP contribution in [0.25, 0.3) is 0 Å². The van der Waals surface area contributed by atoms with E-state index in [1.54, 1.807) is 0 Å². The fourth-order valence-corrected chi connectivity index (χ4v) is 1.77. The Labute approximate surface area is 87.5 Å². The molecule has 0 saturated heterocycles. The zero-order chi connectivity index (χ0) is 11.8. The fraction of sp³-hybridized carbons (Fsp3) is 0.600. The van der Waals surface area contributed by atoms with E-state index < -0.39 is 23.1 Å². The van der Waals surface area contributed by atoms with Crippen molar-refractivity contribution in [2.45, 2.75) is 26.7 Å². The third-order valence-corrected chi connectivity index (χ3v) is 3.09. The zero-order valence-electron chi connectivity index (χ0n) is 8.76. The lowest BCUT2D eigenvalue weighted by Gasteiger charge is -2.24. The highest BCUT2D eigenvalue weighted by Gasteiger charge is 2.48. The lowest BCUT2D eigenvalue weighted by molar-refractivity contribution is -0.146. The van der Waals surface area contributed by atoms with E-state index in [1.807, 2.05) is 0 Å². The van der Waals surface area contributed by atoms with Crippen LogP contribution in [0.5, 0.6) is 0 Å². The van der Waals surface area contributed by atoms with Gasteiger partial charge in [0.05, 0.1) is 0 Å². The Bertz CT molecular complexity index is 344. The molecule has 1 saturated carbocycles. The van der Waals surface area contributed by atoms with E-state index in [0.717, 1.165) is 0 Å². The normalized spacial score (nSPS) is 27.9. The van der Waals surface area contributed by atoms with Crippen LogP contribution in [0.1, 0.15) is 26.7 Å². The van der Waals surface area contributed by atoms with Crippen molar-refractivity contribution in [2.75, 3.05) is 0 Å². The number of carbonyl (C=O) groups is 2. The third kappa shape index (κ3) is 1.58. The number of carboxylic acids is 1. The van der Waals surface area contributed by atoms with Crippen molar-refractivity contribution in [3.8, 4) is 0 Å². The molecule has 1 unspecified atom stereocenters. The lowest BCUT2D eigenvalue weighted by atomic mass is 9.76. The molecule has 0 spiro atoms. The molecule has 0 aromatic heterocycles. The molecule has 3 N–H and O–H groups in total. The standard InChI is InChI=1S/C10H14N2O3/c1-5(9(14)15)8(13)10(2)6(11)3-4-7(10)12/h5,11-12H,3-4H2,1-2H3,(H,14,15). The average molecular weight is 210 g/mol. The van der Waals surface area contributed by atoms with Crippen LogP contribution in [0.2, 0.25) is 0 Å². The number of rotatable bonds is 3. The Morgan fingerprint density at radius 3 is 2.07 bits per heavy atom. The van der Waals surface area contributed by atoms with E-state index in [-0.39, 0.29) is 11.4 Å². The van der Waals surface area contributed by atoms with Gasteiger partial charge in [-0.05, 0) is 26.7 Å². The van der Waals surface area contributed by atoms with Gasteiger partial charge in [-0.15, -0.1) is 0 Å². The van der Waals surface area contributed by atoms with Gasteiger partial charge < -0.3 is 15.9 Å². The average Bonchev–Trinajstić information content (AvgIpc) is 2.44. The van der Waals surface area contributed by atoms with Gasteiger partial charge >= 0.3 is 5.97 Å². The Balaban J connectivity index is 3.05. The van der Waals surface area contributed by atoms with Gasteiger partial charge in [0.1, 0.15) is 11.3 Å². The largest absolute Gasteiger partial charge is 0.481 e. The summed E-state index contributed by atoms with van der Waals surface area (Å²) in [7, 11) is 0. The number of aliphatic carboxylic acids is 1. The molecule has 0 heterocycles. The number of nitrogens with one attached hydrogen (secondary N) is 2. The van der Waals surface area contributed by atoms with Crippen LogP contribution < -0.4 is 0 Å². The summed E-state index contributed by atoms with van der Waals surface area (Å²) in [6.45, 7) is 2.78. The lowest BCUT2D eigenvalue weighted by Crippen LogP contribution is -2.43. The molecule has 0 aliphatic heterocycles. The van der Waals surface area contributed by atoms with Crippen LogP contribution in [0.4, 0.5) is 0 Å². The molecule has 0 radical (unpaired) electrons. The molecular formula is C10H14N2O3. The van der Waals surface area contributed by atoms with E-state index in [1.165, 1.54) is 13.8 Å². The van der Waals surface area contributed by atoms with Crippen LogP contribution in [0.3, 0.4) is 0 Å². The van der Waals surface area contributed by atoms with Crippen molar-refractivity contribution in [1.82, 2.24) is 0 Å². The van der Waals surface area contributed by atoms with Gasteiger partial charge in [-0.1, -0.05) is 0 Å². The number of hydrogen-bond donors (Lipinski definition) is 3. The van der Waals surface area contributed by atoms with Crippen molar-refractivity contribution in [1.29, 1.82) is 10.8 Å². The molecule has 1 atom stereocenters. The van der Waals surface area contributed by atoms with Crippen LogP contribution >= 0.6 is 0 Å². The van der Waals surface area contributed by atoms with Crippen molar-refractivity contribution in [3.63, 3.8) is 0 Å². The summed E-state index contributed by atoms with van der Waals surface area (Å²) in [5.74, 6) is -2.91. The zero-order valence-corrected chi connectivity index (χ0v) is 8.76. The van der Waals surface area contributed by atoms with Gasteiger partial charge in [-0.2, -0.15) is 0 Å². The molecule has 1 aliphatic carbocycles. The van der Waals surface area contributed by atoms with E-state index in [2.05, 4.69) is 0 Å². The van der Waals surface area contributed by atoms with Gasteiger partial charge in [-0.3, -0.25) is 9.59 Å². The molecule has 1 aliphatic rings. The summed E-state index contributed by atoms with van der Waals surface area (Å²) < 4.78 is 0. The Morgan fingerprint density at radius 2 is 1.73 bits per heavy atom. The number of hydrogen-bond acceptors (Lipinski definition) is 4. The first kappa shape index (κ1) is 11.6. The molecule has 15 heavy (non-hydrogen) atoms. The first-order valence-corrected chi connectivity index (χ1v) is 4.74. The molecule has 5 nitrogen and oxygen atoms in total. The predicted octanol–water partition coefficient (Wildman–Crippen LogP) is 1.12. The van der Waals surface area contributed by atoms with Crippen molar-refractivity contribution >= 4 is 23.2 Å². The topological polar surface area (TPSA) is 102 Å². The van der Waals surface area contributed by atoms with Crippen LogP contribution in [0.15, 0.2) is 0 Å². The number of carbonyl (C=O) groups excluding carboxylic acids is 1. The molecule has 0 aromatic carbocycles. The van der Waals surface area contributed by atoms with Gasteiger partial charge in [-0.25, -0.2) is 0 Å². The third-order valence-electron chi connectivity index (χ3n) is 3.09. The molecule has 0 amide bonds. The SMILES string of the molecule is CC(C(=O)O)C(=O)C1(C)C(=N)CCC1=N. The first-order chi connectivity index (χ1) is 6.81. The van der Waals surface area contributed by atoms with E-state index >= 15 is 0 Å². The van der Waals surface area contributed by atoms with E-state index in [9.17, 15) is 9.59 Å². The van der Waals surface area contributed by atoms with E-state index in [0.29, 0.717) is 12.8 Å². The maximum Gasteiger partial charge on any atom is 0.313 e. The summed E-state index contributed by atoms with van der Waals surface area (Å²) in [4.78, 5) is 22.6. The highest BCUT2D eigenvalue weighted by Crippen LogP contribution is 2.34. The van der Waals surface area contributed by atoms with Crippen molar-refractivity contribution in [3.05, 3.63) is 0 Å². The minimum Gasteiger partial charge on any atom is -0.481 e. The monoisotopic (exact) mass is 210 g/mol. The second-order valence-electron chi connectivity index (χ2n) is 4.01. The number of ketones is 1. The highest BCUT2D eigenvalue weighted by molar-refractivity contribution is 6.31. The van der Waals surface area contributed by atoms with Crippen molar-refractivity contribution < 1.29 is 14.7 Å². The summed E-state index contributed by atoms with van der Waals surface area (Å²) >= 11 is 0. The first-order valence-electron chi connectivity index (χ1n) is 4.74. The fourth-order valence-electron chi connectivity index (χ4n) is 1.77. The molecule has 5 heteroatoms. The molecule has 82 valence electrons. The summed E-state index contributed by atoms with van der Waals surface area (Å²) in [5.41, 5.74) is -0.964. The quantitative estimate of drug-likeness (QED) is 0.608. The molecular weight excluding hydrogens is 196 g/mol. The van der Waals surface area contributed by atoms with Gasteiger partial charge in [0, 0.05) is 11.4 Å². The maximum atomic E-state index is 11.9. The molecule has 1 rings (SSSR count). The second kappa shape index (κ2) is 3.56. The Kier molecular flexibility index (Phi) is 2.75. The van der Waals surface area contributed by atoms with Crippen LogP contribution in [-0.2, 0) is 9.59 Å². The summed E-state index contributed by atoms with van der Waals surface area (Å²) in [5, 5.41) is 24.0. The van der Waals surface area contributed by atoms with Crippen LogP contribution in [0, 0.1) is 22.2 Å². The smallest absolute Gasteiger partial charge is 0.313 e. The summed E-state index contributed by atoms with van der Waals surface area (Å²) in [6.07, 6.45) is 0.765. The maximum absolute atomic E-state index is 11.9. The predicted molar refractivity (Wildman–Crippen MR) is 54.6 cm³/mol. The van der Waals surface area contributed by atoms with Gasteiger partial charge in [0.25, 0.3) is 0 Å². The van der Waals surface area contributed by atoms with E-state index in [4.69, 9.17) is 15.9 Å². The molecule has 1 fully saturated rings. The van der Waals surface area contributed by atoms with Gasteiger partial charge in [0.2, 0.25) is 0 Å². The number of Topliss-reactive ketones (excluding diaryl/α,β-unsaturated/α-hetero) is 1. The highest BCUT2D eigenvalue weighted by atomic mass is 16.4. The molecule has 0 aromatic rings. The number of carboxylic acid groups (broad SMARTS) is 1. The minimum absolute atomic E-state index is 0.158.